The number of rotatable bonds is 9. The summed E-state index contributed by atoms with van der Waals surface area (Å²) in [6.07, 6.45) is -2.41. The predicted octanol–water partition coefficient (Wildman–Crippen LogP) is 8.32. The molecule has 1 heterocycles. The van der Waals surface area contributed by atoms with Gasteiger partial charge in [0.1, 0.15) is 29.5 Å². The third kappa shape index (κ3) is 5.51. The topological polar surface area (TPSA) is 81.8 Å². The van der Waals surface area contributed by atoms with Crippen LogP contribution in [-0.2, 0) is 6.58 Å². The third-order valence-electron chi connectivity index (χ3n) is 7.13. The summed E-state index contributed by atoms with van der Waals surface area (Å²) in [5.41, 5.74) is 2.52. The Hall–Kier alpha value is -3.98. The number of hydrogen-bond donors (Lipinski definition) is 1. The van der Waals surface area contributed by atoms with Crippen LogP contribution in [0.15, 0.2) is 71.3 Å². The fourth-order valence-electron chi connectivity index (χ4n) is 4.92. The van der Waals surface area contributed by atoms with Gasteiger partial charge in [0.05, 0.1) is 12.5 Å². The molecule has 0 spiro atoms. The Balaban J connectivity index is 1.23. The summed E-state index contributed by atoms with van der Waals surface area (Å²) in [5.74, 6) is -0.304. The highest BCUT2D eigenvalue weighted by Crippen LogP contribution is 2.56. The van der Waals surface area contributed by atoms with Crippen LogP contribution >= 0.6 is 11.6 Å². The number of aromatic carboxylic acids is 1. The van der Waals surface area contributed by atoms with Crippen molar-refractivity contribution in [3.8, 4) is 22.8 Å². The van der Waals surface area contributed by atoms with Gasteiger partial charge in [0.15, 0.2) is 0 Å². The van der Waals surface area contributed by atoms with Crippen LogP contribution in [0.5, 0.6) is 11.5 Å². The van der Waals surface area contributed by atoms with E-state index in [-0.39, 0.29) is 40.1 Å². The Morgan fingerprint density at radius 1 is 1.10 bits per heavy atom. The van der Waals surface area contributed by atoms with Crippen molar-refractivity contribution >= 4 is 17.6 Å². The van der Waals surface area contributed by atoms with Crippen molar-refractivity contribution in [3.63, 3.8) is 0 Å². The van der Waals surface area contributed by atoms with E-state index in [1.807, 2.05) is 18.2 Å². The van der Waals surface area contributed by atoms with Gasteiger partial charge in [-0.3, -0.25) is 0 Å². The molecular weight excluding hydrogens is 547 g/mol. The van der Waals surface area contributed by atoms with E-state index >= 15 is 0 Å². The smallest absolute Gasteiger partial charge is 0.489 e. The van der Waals surface area contributed by atoms with Gasteiger partial charge < -0.3 is 19.1 Å². The van der Waals surface area contributed by atoms with Crippen molar-refractivity contribution in [2.45, 2.75) is 50.0 Å². The minimum absolute atomic E-state index is 0.0146. The van der Waals surface area contributed by atoms with Gasteiger partial charge in [-0.25, -0.2) is 4.79 Å². The molecule has 10 heteroatoms. The van der Waals surface area contributed by atoms with E-state index in [1.165, 1.54) is 18.2 Å². The maximum atomic E-state index is 13.1. The summed E-state index contributed by atoms with van der Waals surface area (Å²) in [5, 5.41) is 13.6. The summed E-state index contributed by atoms with van der Waals surface area (Å²) >= 11 is 6.62. The summed E-state index contributed by atoms with van der Waals surface area (Å²) < 4.78 is 63.7. The number of carboxylic acid groups (broad SMARTS) is 1. The average Bonchev–Trinajstić information content (AvgIpc) is 3.86. The van der Waals surface area contributed by atoms with Crippen LogP contribution in [0.3, 0.4) is 0 Å². The molecule has 0 bridgehead atoms. The van der Waals surface area contributed by atoms with Crippen LogP contribution in [0, 0.1) is 0 Å². The lowest BCUT2D eigenvalue weighted by atomic mass is 10.0. The lowest BCUT2D eigenvalue weighted by molar-refractivity contribution is -0.274. The first-order valence-corrected chi connectivity index (χ1v) is 13.0. The van der Waals surface area contributed by atoms with Gasteiger partial charge in [-0.05, 0) is 78.6 Å². The average molecular weight is 571 g/mol. The Morgan fingerprint density at radius 2 is 1.85 bits per heavy atom. The van der Waals surface area contributed by atoms with Gasteiger partial charge in [-0.2, -0.15) is 0 Å². The molecule has 1 N–H and O–H groups in total. The molecule has 2 saturated carbocycles. The molecule has 1 unspecified atom stereocenters. The molecule has 2 aliphatic rings. The monoisotopic (exact) mass is 570 g/mol. The highest BCUT2D eigenvalue weighted by Gasteiger charge is 2.41. The first kappa shape index (κ1) is 25.0. The first-order chi connectivity index (χ1) is 19.6. The van der Waals surface area contributed by atoms with Crippen molar-refractivity contribution in [2.75, 3.05) is 0 Å². The Labute approximate surface area is 233 Å². The number of aromatic nitrogens is 1. The Morgan fingerprint density at radius 3 is 2.52 bits per heavy atom. The Bertz CT molecular complexity index is 1600. The molecule has 0 amide bonds. The van der Waals surface area contributed by atoms with Crippen molar-refractivity contribution in [1.82, 2.24) is 5.16 Å². The minimum Gasteiger partial charge on any atom is -0.489 e. The maximum absolute atomic E-state index is 13.1. The highest BCUT2D eigenvalue weighted by atomic mass is 35.5. The number of nitrogens with zero attached hydrogens (tertiary/aromatic N) is 1. The number of ether oxygens (including phenoxy) is 2. The number of benzene rings is 3. The SMILES string of the molecule is [2H]C(Oc1ccc([C@H]2C[C@H]2c2ccc(C(=O)O)cc2)c(Cl)c1)c1c(-c2ccccc2OC(F)(F)F)noc1C1CC1. The van der Waals surface area contributed by atoms with Crippen molar-refractivity contribution in [3.05, 3.63) is 99.8 Å². The van der Waals surface area contributed by atoms with Gasteiger partial charge in [-0.15, -0.1) is 13.2 Å². The first-order valence-electron chi connectivity index (χ1n) is 13.2. The standard InChI is InChI=1S/C30H23ClF3NO5/c31-25-13-19(11-12-20(25)23-14-22(23)16-5-9-18(10-6-16)29(36)37)38-15-24-27(35-40-28(24)17-7-8-17)21-3-1-2-4-26(21)39-30(32,33)34/h1-6,9-13,17,22-23H,7-8,14-15H2,(H,36,37)/t22-,23+/m0/s1/i15D/t15?,22-,23+. The van der Waals surface area contributed by atoms with E-state index in [4.69, 9.17) is 27.3 Å². The van der Waals surface area contributed by atoms with E-state index in [2.05, 4.69) is 9.89 Å². The molecule has 0 saturated heterocycles. The van der Waals surface area contributed by atoms with Crippen molar-refractivity contribution in [1.29, 1.82) is 0 Å². The quantitative estimate of drug-likeness (QED) is 0.218. The van der Waals surface area contributed by atoms with Gasteiger partial charge >= 0.3 is 12.3 Å². The van der Waals surface area contributed by atoms with E-state index < -0.39 is 24.7 Å². The minimum atomic E-state index is -4.91. The number of hydrogen-bond acceptors (Lipinski definition) is 5. The predicted molar refractivity (Wildman–Crippen MR) is 140 cm³/mol. The molecule has 2 aliphatic carbocycles. The molecule has 0 aliphatic heterocycles. The fraction of sp³-hybridized carbons (Fsp3) is 0.267. The molecule has 2 fully saturated rings. The summed E-state index contributed by atoms with van der Waals surface area (Å²) in [6, 6.07) is 17.5. The lowest BCUT2D eigenvalue weighted by Crippen LogP contribution is -2.17. The van der Waals surface area contributed by atoms with E-state index in [0.717, 1.165) is 30.4 Å². The molecule has 0 radical (unpaired) electrons. The molecule has 40 heavy (non-hydrogen) atoms. The second kappa shape index (κ2) is 10.2. The number of para-hydroxylation sites is 1. The lowest BCUT2D eigenvalue weighted by Gasteiger charge is -2.13. The summed E-state index contributed by atoms with van der Waals surface area (Å²) in [4.78, 5) is 11.1. The van der Waals surface area contributed by atoms with Crippen LogP contribution in [0.4, 0.5) is 13.2 Å². The number of carbonyl (C=O) groups is 1. The van der Waals surface area contributed by atoms with Crippen LogP contribution < -0.4 is 9.47 Å². The molecule has 6 rings (SSSR count). The van der Waals surface area contributed by atoms with Crippen molar-refractivity contribution < 1.29 is 38.4 Å². The molecule has 6 nitrogen and oxygen atoms in total. The van der Waals surface area contributed by atoms with Gasteiger partial charge in [0.25, 0.3) is 0 Å². The Kier molecular flexibility index (Phi) is 6.38. The summed E-state index contributed by atoms with van der Waals surface area (Å²) in [6.45, 7) is -1.35. The van der Waals surface area contributed by atoms with Gasteiger partial charge in [-0.1, -0.05) is 47.1 Å². The molecular formula is C30H23ClF3NO5. The summed E-state index contributed by atoms with van der Waals surface area (Å²) in [7, 11) is 0. The largest absolute Gasteiger partial charge is 0.573 e. The maximum Gasteiger partial charge on any atom is 0.573 e. The van der Waals surface area contributed by atoms with Crippen molar-refractivity contribution in [2.24, 2.45) is 0 Å². The second-order valence-corrected chi connectivity index (χ2v) is 10.3. The highest BCUT2D eigenvalue weighted by molar-refractivity contribution is 6.31. The van der Waals surface area contributed by atoms with Crippen LogP contribution in [0.2, 0.25) is 5.02 Å². The number of halogens is 4. The van der Waals surface area contributed by atoms with Gasteiger partial charge in [0.2, 0.25) is 0 Å². The zero-order valence-corrected chi connectivity index (χ0v) is 21.6. The number of carboxylic acids is 1. The molecule has 3 atom stereocenters. The second-order valence-electron chi connectivity index (χ2n) is 9.92. The van der Waals surface area contributed by atoms with E-state index in [1.54, 1.807) is 30.3 Å². The fourth-order valence-corrected chi connectivity index (χ4v) is 5.23. The molecule has 1 aromatic heterocycles. The van der Waals surface area contributed by atoms with Crippen LogP contribution in [0.25, 0.3) is 11.3 Å². The zero-order valence-electron chi connectivity index (χ0n) is 21.8. The number of alkyl halides is 3. The normalized spacial score (nSPS) is 19.6. The van der Waals surface area contributed by atoms with E-state index in [9.17, 15) is 18.0 Å². The van der Waals surface area contributed by atoms with Crippen LogP contribution in [0.1, 0.15) is 71.2 Å². The zero-order chi connectivity index (χ0) is 28.9. The third-order valence-corrected chi connectivity index (χ3v) is 7.46. The molecule has 4 aromatic rings. The molecule has 3 aromatic carbocycles. The van der Waals surface area contributed by atoms with E-state index in [0.29, 0.717) is 16.5 Å². The molecule has 206 valence electrons. The van der Waals surface area contributed by atoms with Gasteiger partial charge in [0, 0.05) is 16.5 Å². The van der Waals surface area contributed by atoms with Crippen LogP contribution in [-0.4, -0.2) is 22.6 Å².